The van der Waals surface area contributed by atoms with E-state index in [0.717, 1.165) is 47.3 Å². The van der Waals surface area contributed by atoms with E-state index in [2.05, 4.69) is 15.9 Å². The van der Waals surface area contributed by atoms with Crippen molar-refractivity contribution in [1.29, 1.82) is 0 Å². The fraction of sp³-hybridized carbons (Fsp3) is 0.533. The zero-order chi connectivity index (χ0) is 14.8. The summed E-state index contributed by atoms with van der Waals surface area (Å²) in [6.07, 6.45) is 2.52. The van der Waals surface area contributed by atoms with Crippen LogP contribution in [0.25, 0.3) is 0 Å². The van der Waals surface area contributed by atoms with Crippen molar-refractivity contribution in [3.05, 3.63) is 22.2 Å². The lowest BCUT2D eigenvalue weighted by Crippen LogP contribution is -2.35. The molecule has 0 aliphatic carbocycles. The minimum absolute atomic E-state index is 0.382. The van der Waals surface area contributed by atoms with Gasteiger partial charge in [0.1, 0.15) is 6.04 Å². The molecule has 1 aromatic carbocycles. The van der Waals surface area contributed by atoms with Crippen molar-refractivity contribution in [1.82, 2.24) is 4.90 Å². The van der Waals surface area contributed by atoms with E-state index in [9.17, 15) is 9.90 Å². The lowest BCUT2D eigenvalue weighted by molar-refractivity contribution is -0.142. The second kappa shape index (κ2) is 6.23. The Morgan fingerprint density at radius 2 is 2.00 bits per heavy atom. The Kier molecular flexibility index (Phi) is 4.35. The zero-order valence-corrected chi connectivity index (χ0v) is 13.3. The first-order valence-corrected chi connectivity index (χ1v) is 7.99. The molecule has 5 nitrogen and oxygen atoms in total. The molecule has 2 aliphatic heterocycles. The number of aliphatic carboxylic acids is 1. The summed E-state index contributed by atoms with van der Waals surface area (Å²) in [7, 11) is 0. The number of halogens is 1. The van der Waals surface area contributed by atoms with Gasteiger partial charge in [-0.1, -0.05) is 15.9 Å². The number of likely N-dealkylation sites (tertiary alicyclic amines) is 1. The normalized spacial score (nSPS) is 22.0. The number of nitrogens with zero attached hydrogens (tertiary/aromatic N) is 1. The Bertz CT molecular complexity index is 549. The highest BCUT2D eigenvalue weighted by Gasteiger charge is 2.31. The first-order valence-electron chi connectivity index (χ1n) is 7.20. The van der Waals surface area contributed by atoms with Crippen LogP contribution in [-0.2, 0) is 11.3 Å². The quantitative estimate of drug-likeness (QED) is 0.903. The first kappa shape index (κ1) is 14.7. The highest BCUT2D eigenvalue weighted by atomic mass is 79.9. The number of hydrogen-bond acceptors (Lipinski definition) is 4. The molecule has 114 valence electrons. The predicted molar refractivity (Wildman–Crippen MR) is 80.8 cm³/mol. The van der Waals surface area contributed by atoms with Crippen LogP contribution >= 0.6 is 15.9 Å². The number of carboxylic acid groups (broad SMARTS) is 1. The molecule has 0 bridgehead atoms. The highest BCUT2D eigenvalue weighted by molar-refractivity contribution is 9.10. The van der Waals surface area contributed by atoms with Crippen molar-refractivity contribution >= 4 is 21.9 Å². The summed E-state index contributed by atoms with van der Waals surface area (Å²) in [5.74, 6) is 0.758. The molecule has 0 unspecified atom stereocenters. The van der Waals surface area contributed by atoms with Gasteiger partial charge in [-0.2, -0.15) is 0 Å². The topological polar surface area (TPSA) is 59.0 Å². The van der Waals surface area contributed by atoms with Crippen molar-refractivity contribution in [3.63, 3.8) is 0 Å². The van der Waals surface area contributed by atoms with Gasteiger partial charge in [-0.15, -0.1) is 0 Å². The van der Waals surface area contributed by atoms with Crippen molar-refractivity contribution in [3.8, 4) is 11.5 Å². The number of fused-ring (bicyclic) bond motifs is 1. The van der Waals surface area contributed by atoms with E-state index in [0.29, 0.717) is 19.8 Å². The standard InChI is InChI=1S/C15H18BrNO4/c16-11-8-14-13(20-5-2-6-21-14)7-10(11)9-17-4-1-3-12(17)15(18)19/h7-8,12H,1-6,9H2,(H,18,19)/t12-/m1/s1. The van der Waals surface area contributed by atoms with E-state index in [-0.39, 0.29) is 6.04 Å². The average Bonchev–Trinajstić information content (AvgIpc) is 2.79. The van der Waals surface area contributed by atoms with Gasteiger partial charge in [-0.3, -0.25) is 9.69 Å². The number of carbonyl (C=O) groups is 1. The minimum atomic E-state index is -0.738. The number of rotatable bonds is 3. The van der Waals surface area contributed by atoms with Gasteiger partial charge in [0.05, 0.1) is 13.2 Å². The molecule has 0 aromatic heterocycles. The predicted octanol–water partition coefficient (Wildman–Crippen LogP) is 2.66. The van der Waals surface area contributed by atoms with E-state index >= 15 is 0 Å². The van der Waals surface area contributed by atoms with Crippen molar-refractivity contribution in [2.75, 3.05) is 19.8 Å². The summed E-state index contributed by atoms with van der Waals surface area (Å²) >= 11 is 3.56. The van der Waals surface area contributed by atoms with Gasteiger partial charge in [-0.05, 0) is 37.1 Å². The molecule has 3 rings (SSSR count). The summed E-state index contributed by atoms with van der Waals surface area (Å²) < 4.78 is 12.3. The fourth-order valence-electron chi connectivity index (χ4n) is 2.86. The van der Waals surface area contributed by atoms with Crippen molar-refractivity contribution in [2.24, 2.45) is 0 Å². The van der Waals surface area contributed by atoms with Crippen LogP contribution in [0, 0.1) is 0 Å². The van der Waals surface area contributed by atoms with E-state index < -0.39 is 5.97 Å². The van der Waals surface area contributed by atoms with Gasteiger partial charge in [0.25, 0.3) is 0 Å². The SMILES string of the molecule is O=C(O)[C@H]1CCCN1Cc1cc2c(cc1Br)OCCCO2. The molecule has 1 N–H and O–H groups in total. The Balaban J connectivity index is 1.82. The van der Waals surface area contributed by atoms with Gasteiger partial charge >= 0.3 is 5.97 Å². The summed E-state index contributed by atoms with van der Waals surface area (Å²) in [5.41, 5.74) is 1.03. The summed E-state index contributed by atoms with van der Waals surface area (Å²) in [6.45, 7) is 2.73. The first-order chi connectivity index (χ1) is 10.1. The van der Waals surface area contributed by atoms with Crippen LogP contribution < -0.4 is 9.47 Å². The van der Waals surface area contributed by atoms with Crippen LogP contribution in [0.15, 0.2) is 16.6 Å². The van der Waals surface area contributed by atoms with Gasteiger partial charge in [0.15, 0.2) is 11.5 Å². The molecule has 0 saturated carbocycles. The monoisotopic (exact) mass is 355 g/mol. The summed E-state index contributed by atoms with van der Waals surface area (Å²) in [6, 6.07) is 3.50. The molecule has 21 heavy (non-hydrogen) atoms. The molecule has 6 heteroatoms. The second-order valence-corrected chi connectivity index (χ2v) is 6.26. The third-order valence-corrected chi connectivity index (χ3v) is 4.68. The Labute approximate surface area is 132 Å². The molecule has 2 heterocycles. The molecular formula is C15H18BrNO4. The Morgan fingerprint density at radius 1 is 1.29 bits per heavy atom. The largest absolute Gasteiger partial charge is 0.490 e. The van der Waals surface area contributed by atoms with E-state index in [1.165, 1.54) is 0 Å². The van der Waals surface area contributed by atoms with E-state index in [1.54, 1.807) is 0 Å². The smallest absolute Gasteiger partial charge is 0.320 e. The van der Waals surface area contributed by atoms with Gasteiger partial charge in [0.2, 0.25) is 0 Å². The number of hydrogen-bond donors (Lipinski definition) is 1. The molecule has 1 aromatic rings. The van der Waals surface area contributed by atoms with Crippen LogP contribution in [0.4, 0.5) is 0 Å². The van der Waals surface area contributed by atoms with Crippen LogP contribution in [0.1, 0.15) is 24.8 Å². The maximum Gasteiger partial charge on any atom is 0.320 e. The molecule has 1 saturated heterocycles. The van der Waals surface area contributed by atoms with Gasteiger partial charge in [0, 0.05) is 17.4 Å². The maximum absolute atomic E-state index is 11.3. The summed E-state index contributed by atoms with van der Waals surface area (Å²) in [5, 5.41) is 9.26. The molecular weight excluding hydrogens is 338 g/mol. The third-order valence-electron chi connectivity index (χ3n) is 3.94. The van der Waals surface area contributed by atoms with Crippen LogP contribution in [0.5, 0.6) is 11.5 Å². The number of carboxylic acids is 1. The van der Waals surface area contributed by atoms with Gasteiger partial charge in [-0.25, -0.2) is 0 Å². The van der Waals surface area contributed by atoms with E-state index in [1.807, 2.05) is 17.0 Å². The van der Waals surface area contributed by atoms with E-state index in [4.69, 9.17) is 9.47 Å². The van der Waals surface area contributed by atoms with Crippen LogP contribution in [0.2, 0.25) is 0 Å². The molecule has 1 fully saturated rings. The number of benzene rings is 1. The minimum Gasteiger partial charge on any atom is -0.490 e. The second-order valence-electron chi connectivity index (χ2n) is 5.41. The maximum atomic E-state index is 11.3. The van der Waals surface area contributed by atoms with Crippen LogP contribution in [-0.4, -0.2) is 41.8 Å². The molecule has 0 amide bonds. The van der Waals surface area contributed by atoms with Crippen molar-refractivity contribution in [2.45, 2.75) is 31.8 Å². The third kappa shape index (κ3) is 3.16. The Morgan fingerprint density at radius 3 is 2.71 bits per heavy atom. The molecule has 1 atom stereocenters. The zero-order valence-electron chi connectivity index (χ0n) is 11.7. The average molecular weight is 356 g/mol. The lowest BCUT2D eigenvalue weighted by atomic mass is 10.1. The van der Waals surface area contributed by atoms with Crippen LogP contribution in [0.3, 0.4) is 0 Å². The Hall–Kier alpha value is -1.27. The van der Waals surface area contributed by atoms with Gasteiger partial charge < -0.3 is 14.6 Å². The fourth-order valence-corrected chi connectivity index (χ4v) is 3.31. The highest BCUT2D eigenvalue weighted by Crippen LogP contribution is 2.36. The number of ether oxygens (including phenoxy) is 2. The molecule has 2 aliphatic rings. The molecule has 0 radical (unpaired) electrons. The summed E-state index contributed by atoms with van der Waals surface area (Å²) in [4.78, 5) is 13.3. The molecule has 0 spiro atoms. The van der Waals surface area contributed by atoms with Crippen molar-refractivity contribution < 1.29 is 19.4 Å². The lowest BCUT2D eigenvalue weighted by Gasteiger charge is -2.22.